The maximum absolute atomic E-state index is 12.5. The van der Waals surface area contributed by atoms with E-state index in [-0.39, 0.29) is 31.1 Å². The first-order chi connectivity index (χ1) is 20.4. The zero-order valence-corrected chi connectivity index (χ0v) is 28.2. The van der Waals surface area contributed by atoms with E-state index in [9.17, 15) is 14.4 Å². The molecule has 0 unspecified atom stereocenters. The van der Waals surface area contributed by atoms with E-state index in [4.69, 9.17) is 14.2 Å². The van der Waals surface area contributed by atoms with E-state index in [1.165, 1.54) is 77.0 Å². The minimum absolute atomic E-state index is 0.0679. The van der Waals surface area contributed by atoms with Crippen LogP contribution in [0, 0.1) is 5.92 Å². The average Bonchev–Trinajstić information content (AvgIpc) is 2.96. The van der Waals surface area contributed by atoms with Gasteiger partial charge in [0.25, 0.3) is 0 Å². The fourth-order valence-electron chi connectivity index (χ4n) is 5.04. The highest BCUT2D eigenvalue weighted by Gasteiger charge is 2.19. The van der Waals surface area contributed by atoms with E-state index in [1.807, 2.05) is 0 Å². The lowest BCUT2D eigenvalue weighted by Gasteiger charge is -2.18. The molecule has 6 heteroatoms. The van der Waals surface area contributed by atoms with Crippen LogP contribution in [0.4, 0.5) is 0 Å². The molecule has 6 nitrogen and oxygen atoms in total. The van der Waals surface area contributed by atoms with Crippen LogP contribution in [-0.2, 0) is 28.6 Å². The van der Waals surface area contributed by atoms with Crippen LogP contribution in [0.25, 0.3) is 0 Å². The smallest absolute Gasteiger partial charge is 0.306 e. The first kappa shape index (κ1) is 40.4. The average molecular weight is 597 g/mol. The van der Waals surface area contributed by atoms with Gasteiger partial charge >= 0.3 is 17.9 Å². The molecule has 248 valence electrons. The Morgan fingerprint density at radius 2 is 0.786 bits per heavy atom. The molecule has 0 saturated carbocycles. The molecule has 0 spiro atoms. The Bertz CT molecular complexity index is 632. The molecule has 0 heterocycles. The zero-order chi connectivity index (χ0) is 31.1. The molecule has 0 rings (SSSR count). The zero-order valence-electron chi connectivity index (χ0n) is 28.2. The van der Waals surface area contributed by atoms with Crippen LogP contribution in [0.2, 0.25) is 0 Å². The van der Waals surface area contributed by atoms with Gasteiger partial charge in [-0.1, -0.05) is 150 Å². The summed E-state index contributed by atoms with van der Waals surface area (Å²) >= 11 is 0. The number of carbonyl (C=O) groups excluding carboxylic acids is 3. The van der Waals surface area contributed by atoms with E-state index in [1.54, 1.807) is 0 Å². The minimum atomic E-state index is -0.755. The summed E-state index contributed by atoms with van der Waals surface area (Å²) in [7, 11) is 0. The monoisotopic (exact) mass is 597 g/mol. The van der Waals surface area contributed by atoms with Gasteiger partial charge in [-0.25, -0.2) is 0 Å². The number of ether oxygens (including phenoxy) is 3. The van der Waals surface area contributed by atoms with Gasteiger partial charge in [-0.15, -0.1) is 0 Å². The normalized spacial score (nSPS) is 11.9. The molecule has 42 heavy (non-hydrogen) atoms. The van der Waals surface area contributed by atoms with Gasteiger partial charge in [0.15, 0.2) is 6.10 Å². The Balaban J connectivity index is 4.32. The predicted octanol–water partition coefficient (Wildman–Crippen LogP) is 10.4. The van der Waals surface area contributed by atoms with Crippen molar-refractivity contribution >= 4 is 17.9 Å². The molecule has 0 aromatic heterocycles. The first-order valence-corrected chi connectivity index (χ1v) is 17.9. The summed E-state index contributed by atoms with van der Waals surface area (Å²) < 4.78 is 16.4. The second kappa shape index (κ2) is 30.9. The topological polar surface area (TPSA) is 78.9 Å². The maximum Gasteiger partial charge on any atom is 0.306 e. The Hall–Kier alpha value is -1.59. The lowest BCUT2D eigenvalue weighted by atomic mass is 10.0. The standard InChI is InChI=1S/C36H68O6/c1-5-7-9-11-12-13-14-15-21-25-29-36(39)42-33(30-40-34(37)27-23-18-10-8-6-2)31-41-35(38)28-24-20-17-16-19-22-26-32(3)4/h32-33H,5-31H2,1-4H3/t33-/m0/s1. The van der Waals surface area contributed by atoms with Crippen molar-refractivity contribution in [2.75, 3.05) is 13.2 Å². The third-order valence-corrected chi connectivity index (χ3v) is 7.79. The van der Waals surface area contributed by atoms with Crippen LogP contribution in [0.1, 0.15) is 188 Å². The second-order valence-electron chi connectivity index (χ2n) is 12.6. The fourth-order valence-corrected chi connectivity index (χ4v) is 5.04. The summed E-state index contributed by atoms with van der Waals surface area (Å²) in [5, 5.41) is 0. The van der Waals surface area contributed by atoms with E-state index < -0.39 is 6.10 Å². The van der Waals surface area contributed by atoms with E-state index >= 15 is 0 Å². The molecule has 0 amide bonds. The van der Waals surface area contributed by atoms with Crippen molar-refractivity contribution < 1.29 is 28.6 Å². The maximum atomic E-state index is 12.5. The van der Waals surface area contributed by atoms with Crippen LogP contribution in [0.15, 0.2) is 0 Å². The third-order valence-electron chi connectivity index (χ3n) is 7.79. The van der Waals surface area contributed by atoms with Gasteiger partial charge in [-0.2, -0.15) is 0 Å². The molecule has 0 aliphatic rings. The van der Waals surface area contributed by atoms with Crippen LogP contribution in [0.3, 0.4) is 0 Å². The Kier molecular flexibility index (Phi) is 29.7. The van der Waals surface area contributed by atoms with Crippen molar-refractivity contribution in [1.29, 1.82) is 0 Å². The van der Waals surface area contributed by atoms with Crippen LogP contribution >= 0.6 is 0 Å². The molecule has 0 fully saturated rings. The summed E-state index contributed by atoms with van der Waals surface area (Å²) in [6.45, 7) is 8.78. The number of rotatable bonds is 31. The highest BCUT2D eigenvalue weighted by Crippen LogP contribution is 2.14. The quantitative estimate of drug-likeness (QED) is 0.0450. The molecular weight excluding hydrogens is 528 g/mol. The Morgan fingerprint density at radius 3 is 1.17 bits per heavy atom. The Labute approximate surface area is 259 Å². The molecule has 0 saturated heterocycles. The summed E-state index contributed by atoms with van der Waals surface area (Å²) in [5.41, 5.74) is 0. The van der Waals surface area contributed by atoms with Gasteiger partial charge in [-0.05, 0) is 25.2 Å². The van der Waals surface area contributed by atoms with Crippen LogP contribution in [-0.4, -0.2) is 37.2 Å². The third kappa shape index (κ3) is 29.9. The van der Waals surface area contributed by atoms with E-state index in [2.05, 4.69) is 27.7 Å². The van der Waals surface area contributed by atoms with Crippen molar-refractivity contribution in [1.82, 2.24) is 0 Å². The Morgan fingerprint density at radius 1 is 0.452 bits per heavy atom. The largest absolute Gasteiger partial charge is 0.462 e. The van der Waals surface area contributed by atoms with Gasteiger partial charge in [0.2, 0.25) is 0 Å². The number of carbonyl (C=O) groups is 3. The number of esters is 3. The highest BCUT2D eigenvalue weighted by atomic mass is 16.6. The fraction of sp³-hybridized carbons (Fsp3) is 0.917. The molecular formula is C36H68O6. The molecule has 0 aromatic rings. The van der Waals surface area contributed by atoms with Gasteiger partial charge in [0.1, 0.15) is 13.2 Å². The van der Waals surface area contributed by atoms with Crippen molar-refractivity contribution in [3.63, 3.8) is 0 Å². The summed E-state index contributed by atoms with van der Waals surface area (Å²) in [4.78, 5) is 37.0. The van der Waals surface area contributed by atoms with Gasteiger partial charge < -0.3 is 14.2 Å². The van der Waals surface area contributed by atoms with Crippen molar-refractivity contribution in [2.24, 2.45) is 5.92 Å². The molecule has 0 aliphatic carbocycles. The molecule has 0 aliphatic heterocycles. The van der Waals surface area contributed by atoms with Crippen LogP contribution in [0.5, 0.6) is 0 Å². The van der Waals surface area contributed by atoms with Crippen molar-refractivity contribution in [3.8, 4) is 0 Å². The molecule has 0 aromatic carbocycles. The summed E-state index contributed by atoms with van der Waals surface area (Å²) in [6.07, 6.45) is 25.6. The first-order valence-electron chi connectivity index (χ1n) is 17.9. The van der Waals surface area contributed by atoms with Crippen LogP contribution < -0.4 is 0 Å². The van der Waals surface area contributed by atoms with Crippen molar-refractivity contribution in [2.45, 2.75) is 194 Å². The molecule has 1 atom stereocenters. The molecule has 0 N–H and O–H groups in total. The summed E-state index contributed by atoms with van der Waals surface area (Å²) in [5.74, 6) is -0.125. The number of unbranched alkanes of at least 4 members (excludes halogenated alkanes) is 18. The second-order valence-corrected chi connectivity index (χ2v) is 12.6. The van der Waals surface area contributed by atoms with Gasteiger partial charge in [0.05, 0.1) is 0 Å². The van der Waals surface area contributed by atoms with Crippen molar-refractivity contribution in [3.05, 3.63) is 0 Å². The summed E-state index contributed by atoms with van der Waals surface area (Å²) in [6, 6.07) is 0. The minimum Gasteiger partial charge on any atom is -0.462 e. The number of hydrogen-bond acceptors (Lipinski definition) is 6. The molecule has 0 bridgehead atoms. The SMILES string of the molecule is CCCCCCCCCCCCC(=O)O[C@@H](COC(=O)CCCCCCC)COC(=O)CCCCCCCCC(C)C. The van der Waals surface area contributed by atoms with E-state index in [0.29, 0.717) is 19.3 Å². The van der Waals surface area contributed by atoms with E-state index in [0.717, 1.165) is 70.1 Å². The number of hydrogen-bond donors (Lipinski definition) is 0. The lowest BCUT2D eigenvalue weighted by Crippen LogP contribution is -2.30. The predicted molar refractivity (Wildman–Crippen MR) is 173 cm³/mol. The highest BCUT2D eigenvalue weighted by molar-refractivity contribution is 5.71. The molecule has 0 radical (unpaired) electrons. The van der Waals surface area contributed by atoms with Gasteiger partial charge in [0, 0.05) is 19.3 Å². The lowest BCUT2D eigenvalue weighted by molar-refractivity contribution is -0.167. The van der Waals surface area contributed by atoms with Gasteiger partial charge in [-0.3, -0.25) is 14.4 Å².